The number of hydrogen-bond donors (Lipinski definition) is 3. The van der Waals surface area contributed by atoms with E-state index >= 15 is 0 Å². The molecule has 0 bridgehead atoms. The average Bonchev–Trinajstić information content (AvgIpc) is 2.90. The van der Waals surface area contributed by atoms with Crippen molar-refractivity contribution in [2.45, 2.75) is 148 Å². The number of rotatable bonds is 29. The minimum Gasteiger partial charge on any atom is -0.387 e. The van der Waals surface area contributed by atoms with Gasteiger partial charge in [0.15, 0.2) is 0 Å². The molecule has 0 saturated carbocycles. The highest BCUT2D eigenvalue weighted by atomic mass is 31.2. The Morgan fingerprint density at radius 2 is 1.29 bits per heavy atom. The van der Waals surface area contributed by atoms with Gasteiger partial charge in [-0.05, 0) is 19.3 Å². The largest absolute Gasteiger partial charge is 0.472 e. The van der Waals surface area contributed by atoms with Gasteiger partial charge in [-0.1, -0.05) is 122 Å². The van der Waals surface area contributed by atoms with Gasteiger partial charge in [-0.2, -0.15) is 0 Å². The standard InChI is InChI=1S/C32H65N2O6P/c1-6-8-10-12-14-15-16-17-18-20-22-24-26-32(36)33-30(31(35)25-23-21-19-13-11-9-7-2)29-40-41(37,38)39-28-27-34(3,4)5/h23,25,30-31,35H,6-22,24,26-29H2,1-5H3,(H-,33,36,37,38)/p+1/b25-23+. The fourth-order valence-corrected chi connectivity index (χ4v) is 5.24. The van der Waals surface area contributed by atoms with Gasteiger partial charge in [-0.3, -0.25) is 13.8 Å². The molecule has 8 nitrogen and oxygen atoms in total. The number of nitrogens with one attached hydrogen (secondary N) is 1. The summed E-state index contributed by atoms with van der Waals surface area (Å²) in [5.74, 6) is -0.184. The lowest BCUT2D eigenvalue weighted by molar-refractivity contribution is -0.870. The molecule has 0 aromatic heterocycles. The molecule has 0 aliphatic rings. The molecule has 0 aromatic rings. The minimum atomic E-state index is -4.31. The van der Waals surface area contributed by atoms with Gasteiger partial charge in [0.05, 0.1) is 39.9 Å². The fraction of sp³-hybridized carbons (Fsp3) is 0.906. The molecule has 0 aliphatic carbocycles. The molecule has 3 N–H and O–H groups in total. The van der Waals surface area contributed by atoms with Crippen LogP contribution in [0.25, 0.3) is 0 Å². The second kappa shape index (κ2) is 25.7. The van der Waals surface area contributed by atoms with Crippen molar-refractivity contribution in [3.8, 4) is 0 Å². The molecule has 3 atom stereocenters. The summed E-state index contributed by atoms with van der Waals surface area (Å²) in [6, 6.07) is -0.835. The van der Waals surface area contributed by atoms with Crippen LogP contribution in [0.3, 0.4) is 0 Å². The van der Waals surface area contributed by atoms with Crippen LogP contribution < -0.4 is 5.32 Å². The van der Waals surface area contributed by atoms with Crippen molar-refractivity contribution in [1.29, 1.82) is 0 Å². The van der Waals surface area contributed by atoms with Crippen LogP contribution in [0.5, 0.6) is 0 Å². The van der Waals surface area contributed by atoms with E-state index in [2.05, 4.69) is 19.2 Å². The van der Waals surface area contributed by atoms with E-state index in [4.69, 9.17) is 9.05 Å². The lowest BCUT2D eigenvalue weighted by Crippen LogP contribution is -2.45. The first kappa shape index (κ1) is 40.2. The molecule has 1 amide bonds. The first-order valence-electron chi connectivity index (χ1n) is 16.6. The number of aliphatic hydroxyl groups is 1. The Kier molecular flexibility index (Phi) is 25.2. The van der Waals surface area contributed by atoms with E-state index in [1.807, 2.05) is 27.2 Å². The molecule has 0 aliphatic heterocycles. The number of nitrogens with zero attached hydrogens (tertiary/aromatic N) is 1. The Morgan fingerprint density at radius 1 is 0.805 bits per heavy atom. The van der Waals surface area contributed by atoms with Gasteiger partial charge in [0.1, 0.15) is 13.2 Å². The van der Waals surface area contributed by atoms with Crippen LogP contribution in [-0.4, -0.2) is 73.4 Å². The SMILES string of the molecule is CCCCCCC/C=C/C(O)C(COP(=O)(O)OCC[N+](C)(C)C)NC(=O)CCCCCCCCCCCCCC. The van der Waals surface area contributed by atoms with Gasteiger partial charge >= 0.3 is 7.82 Å². The summed E-state index contributed by atoms with van der Waals surface area (Å²) in [4.78, 5) is 22.8. The van der Waals surface area contributed by atoms with Crippen molar-refractivity contribution in [2.24, 2.45) is 0 Å². The maximum absolute atomic E-state index is 12.7. The van der Waals surface area contributed by atoms with Crippen LogP contribution in [0.2, 0.25) is 0 Å². The van der Waals surface area contributed by atoms with E-state index in [1.54, 1.807) is 6.08 Å². The molecule has 0 heterocycles. The summed E-state index contributed by atoms with van der Waals surface area (Å²) < 4.78 is 23.3. The number of unbranched alkanes of at least 4 members (excludes halogenated alkanes) is 16. The van der Waals surface area contributed by atoms with Crippen molar-refractivity contribution in [3.63, 3.8) is 0 Å². The maximum Gasteiger partial charge on any atom is 0.472 e. The van der Waals surface area contributed by atoms with Crippen molar-refractivity contribution < 1.29 is 32.9 Å². The summed E-state index contributed by atoms with van der Waals surface area (Å²) in [6.07, 6.45) is 24.3. The third-order valence-corrected chi connectivity index (χ3v) is 8.24. The second-order valence-corrected chi connectivity index (χ2v) is 14.0. The predicted molar refractivity (Wildman–Crippen MR) is 171 cm³/mol. The number of carbonyl (C=O) groups is 1. The highest BCUT2D eigenvalue weighted by Crippen LogP contribution is 2.43. The number of amides is 1. The van der Waals surface area contributed by atoms with E-state index in [0.29, 0.717) is 17.4 Å². The normalized spacial score (nSPS) is 15.2. The van der Waals surface area contributed by atoms with Gasteiger partial charge in [0.2, 0.25) is 5.91 Å². The third-order valence-electron chi connectivity index (χ3n) is 7.26. The van der Waals surface area contributed by atoms with Crippen molar-refractivity contribution in [1.82, 2.24) is 5.32 Å². The first-order valence-corrected chi connectivity index (χ1v) is 18.1. The van der Waals surface area contributed by atoms with Crippen LogP contribution in [-0.2, 0) is 18.4 Å². The number of likely N-dealkylation sites (N-methyl/N-ethyl adjacent to an activating group) is 1. The molecule has 3 unspecified atom stereocenters. The minimum absolute atomic E-state index is 0.0632. The summed E-state index contributed by atoms with van der Waals surface area (Å²) in [6.45, 7) is 4.72. The van der Waals surface area contributed by atoms with E-state index in [0.717, 1.165) is 38.5 Å². The molecule has 244 valence electrons. The Hall–Kier alpha value is -0.760. The molecule has 0 fully saturated rings. The fourth-order valence-electron chi connectivity index (χ4n) is 4.51. The average molecular weight is 606 g/mol. The Bertz CT molecular complexity index is 698. The molecule has 0 saturated heterocycles. The number of phosphoric ester groups is 1. The predicted octanol–water partition coefficient (Wildman–Crippen LogP) is 7.68. The van der Waals surface area contributed by atoms with E-state index in [1.165, 1.54) is 77.0 Å². The monoisotopic (exact) mass is 605 g/mol. The molecular weight excluding hydrogens is 539 g/mol. The number of carbonyl (C=O) groups excluding carboxylic acids is 1. The van der Waals surface area contributed by atoms with Crippen LogP contribution in [0, 0.1) is 0 Å². The number of aliphatic hydroxyl groups excluding tert-OH is 1. The Morgan fingerprint density at radius 3 is 1.80 bits per heavy atom. The maximum atomic E-state index is 12.7. The van der Waals surface area contributed by atoms with E-state index in [9.17, 15) is 19.4 Å². The number of quaternary nitrogens is 1. The zero-order chi connectivity index (χ0) is 30.8. The summed E-state index contributed by atoms with van der Waals surface area (Å²) in [7, 11) is 1.57. The molecule has 0 aromatic carbocycles. The second-order valence-electron chi connectivity index (χ2n) is 12.5. The van der Waals surface area contributed by atoms with Crippen LogP contribution in [0.1, 0.15) is 136 Å². The highest BCUT2D eigenvalue weighted by molar-refractivity contribution is 7.47. The number of allylic oxidation sites excluding steroid dienone is 1. The van der Waals surface area contributed by atoms with Crippen molar-refractivity contribution in [3.05, 3.63) is 12.2 Å². The first-order chi connectivity index (χ1) is 19.5. The topological polar surface area (TPSA) is 105 Å². The summed E-state index contributed by atoms with van der Waals surface area (Å²) in [5, 5.41) is 13.6. The molecule has 0 radical (unpaired) electrons. The molecule has 0 rings (SSSR count). The van der Waals surface area contributed by atoms with Gasteiger partial charge < -0.3 is 19.8 Å². The Balaban J connectivity index is 4.54. The van der Waals surface area contributed by atoms with Gasteiger partial charge in [-0.15, -0.1) is 0 Å². The van der Waals surface area contributed by atoms with Crippen molar-refractivity contribution >= 4 is 13.7 Å². The molecule has 9 heteroatoms. The zero-order valence-corrected chi connectivity index (χ0v) is 28.2. The highest BCUT2D eigenvalue weighted by Gasteiger charge is 2.27. The van der Waals surface area contributed by atoms with Crippen LogP contribution in [0.15, 0.2) is 12.2 Å². The van der Waals surface area contributed by atoms with Gasteiger partial charge in [-0.25, -0.2) is 4.57 Å². The van der Waals surface area contributed by atoms with Gasteiger partial charge in [0.25, 0.3) is 0 Å². The third kappa shape index (κ3) is 27.8. The molecule has 0 spiro atoms. The van der Waals surface area contributed by atoms with Crippen LogP contribution >= 0.6 is 7.82 Å². The summed E-state index contributed by atoms with van der Waals surface area (Å²) >= 11 is 0. The lowest BCUT2D eigenvalue weighted by Gasteiger charge is -2.25. The van der Waals surface area contributed by atoms with Crippen LogP contribution in [0.4, 0.5) is 0 Å². The smallest absolute Gasteiger partial charge is 0.387 e. The lowest BCUT2D eigenvalue weighted by atomic mass is 10.0. The number of hydrogen-bond acceptors (Lipinski definition) is 5. The molecule has 41 heavy (non-hydrogen) atoms. The van der Waals surface area contributed by atoms with Gasteiger partial charge in [0, 0.05) is 6.42 Å². The molecular formula is C32H66N2O6P+. The van der Waals surface area contributed by atoms with E-state index < -0.39 is 20.0 Å². The van der Waals surface area contributed by atoms with Crippen molar-refractivity contribution in [2.75, 3.05) is 40.9 Å². The van der Waals surface area contributed by atoms with E-state index in [-0.39, 0.29) is 19.1 Å². The Labute approximate surface area is 252 Å². The quantitative estimate of drug-likeness (QED) is 0.0350. The summed E-state index contributed by atoms with van der Waals surface area (Å²) in [5.41, 5.74) is 0. The zero-order valence-electron chi connectivity index (χ0n) is 27.3. The number of phosphoric acid groups is 1.